The predicted molar refractivity (Wildman–Crippen MR) is 79.8 cm³/mol. The molecule has 1 heterocycles. The number of nitrogens with one attached hydrogen (secondary N) is 2. The highest BCUT2D eigenvalue weighted by Crippen LogP contribution is 2.17. The van der Waals surface area contributed by atoms with Gasteiger partial charge >= 0.3 is 0 Å². The Bertz CT molecular complexity index is 236. The van der Waals surface area contributed by atoms with Crippen LogP contribution in [0.15, 0.2) is 0 Å². The van der Waals surface area contributed by atoms with Gasteiger partial charge in [-0.3, -0.25) is 4.90 Å². The van der Waals surface area contributed by atoms with Crippen LogP contribution in [0.1, 0.15) is 25.7 Å². The zero-order valence-corrected chi connectivity index (χ0v) is 12.0. The second-order valence-corrected chi connectivity index (χ2v) is 6.47. The van der Waals surface area contributed by atoms with E-state index in [1.54, 1.807) is 0 Å². The highest BCUT2D eigenvalue weighted by Gasteiger charge is 2.15. The maximum absolute atomic E-state index is 5.31. The van der Waals surface area contributed by atoms with Gasteiger partial charge < -0.3 is 10.6 Å². The monoisotopic (exact) mass is 273 g/mol. The van der Waals surface area contributed by atoms with Crippen molar-refractivity contribution in [3.8, 4) is 0 Å². The van der Waals surface area contributed by atoms with Crippen LogP contribution in [0.4, 0.5) is 0 Å². The minimum absolute atomic E-state index is 0.626. The molecule has 2 N–H and O–H groups in total. The quantitative estimate of drug-likeness (QED) is 0.756. The van der Waals surface area contributed by atoms with Crippen molar-refractivity contribution in [3.05, 3.63) is 0 Å². The molecule has 1 saturated heterocycles. The van der Waals surface area contributed by atoms with Crippen LogP contribution in [-0.2, 0) is 0 Å². The number of thiocarbonyl (C=S) groups is 1. The highest BCUT2D eigenvalue weighted by atomic mass is 32.2. The molecular weight excluding hydrogens is 250 g/mol. The zero-order chi connectivity index (χ0) is 11.9. The molecule has 0 radical (unpaired) electrons. The van der Waals surface area contributed by atoms with Crippen molar-refractivity contribution in [1.29, 1.82) is 0 Å². The Morgan fingerprint density at radius 3 is 2.65 bits per heavy atom. The lowest BCUT2D eigenvalue weighted by Gasteiger charge is -2.26. The van der Waals surface area contributed by atoms with E-state index in [-0.39, 0.29) is 0 Å². The van der Waals surface area contributed by atoms with Crippen molar-refractivity contribution in [2.75, 3.05) is 37.7 Å². The first-order valence-electron chi connectivity index (χ1n) is 6.69. The molecule has 0 bridgehead atoms. The van der Waals surface area contributed by atoms with Gasteiger partial charge in [0.15, 0.2) is 5.11 Å². The summed E-state index contributed by atoms with van der Waals surface area (Å²) in [6.45, 7) is 4.56. The summed E-state index contributed by atoms with van der Waals surface area (Å²) in [6, 6.07) is 0.626. The average Bonchev–Trinajstić information content (AvgIpc) is 2.83. The van der Waals surface area contributed by atoms with Gasteiger partial charge in [0.1, 0.15) is 0 Å². The van der Waals surface area contributed by atoms with Crippen LogP contribution in [-0.4, -0.2) is 53.7 Å². The molecule has 2 rings (SSSR count). The standard InChI is InChI=1S/C12H23N3S2/c16-12(14-11-3-1-2-4-11)13-5-6-15-7-9-17-10-8-15/h11H,1-10H2,(H2,13,14,16). The van der Waals surface area contributed by atoms with Gasteiger partial charge in [0.2, 0.25) is 0 Å². The summed E-state index contributed by atoms with van der Waals surface area (Å²) in [4.78, 5) is 2.52. The predicted octanol–water partition coefficient (Wildman–Crippen LogP) is 1.44. The van der Waals surface area contributed by atoms with Gasteiger partial charge in [-0.15, -0.1) is 0 Å². The van der Waals surface area contributed by atoms with Crippen LogP contribution < -0.4 is 10.6 Å². The number of hydrogen-bond acceptors (Lipinski definition) is 3. The van der Waals surface area contributed by atoms with Gasteiger partial charge in [0.25, 0.3) is 0 Å². The van der Waals surface area contributed by atoms with E-state index in [2.05, 4.69) is 27.3 Å². The Hall–Kier alpha value is -0.0000000000000000555. The molecule has 2 aliphatic rings. The molecule has 0 aromatic rings. The van der Waals surface area contributed by atoms with Crippen LogP contribution in [0.3, 0.4) is 0 Å². The third-order valence-electron chi connectivity index (χ3n) is 3.51. The lowest BCUT2D eigenvalue weighted by Crippen LogP contribution is -2.44. The lowest BCUT2D eigenvalue weighted by atomic mass is 10.3. The summed E-state index contributed by atoms with van der Waals surface area (Å²) >= 11 is 7.37. The van der Waals surface area contributed by atoms with Crippen LogP contribution in [0, 0.1) is 0 Å². The largest absolute Gasteiger partial charge is 0.361 e. The average molecular weight is 273 g/mol. The molecule has 17 heavy (non-hydrogen) atoms. The first-order valence-corrected chi connectivity index (χ1v) is 8.25. The maximum atomic E-state index is 5.31. The number of hydrogen-bond donors (Lipinski definition) is 2. The van der Waals surface area contributed by atoms with Crippen molar-refractivity contribution < 1.29 is 0 Å². The van der Waals surface area contributed by atoms with E-state index in [1.807, 2.05) is 0 Å². The Balaban J connectivity index is 1.53. The van der Waals surface area contributed by atoms with Crippen molar-refractivity contribution in [2.24, 2.45) is 0 Å². The Kier molecular flexibility index (Phi) is 5.88. The normalized spacial score (nSPS) is 22.6. The zero-order valence-electron chi connectivity index (χ0n) is 10.4. The topological polar surface area (TPSA) is 27.3 Å². The fourth-order valence-corrected chi connectivity index (χ4v) is 3.71. The summed E-state index contributed by atoms with van der Waals surface area (Å²) in [6.07, 6.45) is 5.27. The summed E-state index contributed by atoms with van der Waals surface area (Å²) in [5.41, 5.74) is 0. The van der Waals surface area contributed by atoms with Gasteiger partial charge in [-0.25, -0.2) is 0 Å². The van der Waals surface area contributed by atoms with E-state index in [0.29, 0.717) is 6.04 Å². The fraction of sp³-hybridized carbons (Fsp3) is 0.917. The Morgan fingerprint density at radius 1 is 1.24 bits per heavy atom. The molecule has 0 unspecified atom stereocenters. The van der Waals surface area contributed by atoms with Crippen LogP contribution in [0.5, 0.6) is 0 Å². The fourth-order valence-electron chi connectivity index (χ4n) is 2.46. The molecule has 98 valence electrons. The van der Waals surface area contributed by atoms with E-state index in [0.717, 1.165) is 18.2 Å². The molecule has 1 saturated carbocycles. The van der Waals surface area contributed by atoms with Gasteiger partial charge in [-0.1, -0.05) is 12.8 Å². The molecule has 3 nitrogen and oxygen atoms in total. The first kappa shape index (κ1) is 13.4. The number of rotatable bonds is 4. The SMILES string of the molecule is S=C(NCCN1CCSCC1)NC1CCCC1. The molecule has 0 spiro atoms. The third-order valence-corrected chi connectivity index (χ3v) is 4.71. The molecular formula is C12H23N3S2. The molecule has 0 aromatic carbocycles. The molecule has 0 amide bonds. The van der Waals surface area contributed by atoms with Crippen molar-refractivity contribution in [3.63, 3.8) is 0 Å². The Labute approximate surface area is 114 Å². The van der Waals surface area contributed by atoms with E-state index in [9.17, 15) is 0 Å². The summed E-state index contributed by atoms with van der Waals surface area (Å²) < 4.78 is 0. The van der Waals surface area contributed by atoms with Crippen LogP contribution >= 0.6 is 24.0 Å². The highest BCUT2D eigenvalue weighted by molar-refractivity contribution is 7.99. The molecule has 5 heteroatoms. The van der Waals surface area contributed by atoms with Gasteiger partial charge in [-0.2, -0.15) is 11.8 Å². The van der Waals surface area contributed by atoms with E-state index in [4.69, 9.17) is 12.2 Å². The maximum Gasteiger partial charge on any atom is 0.166 e. The molecule has 0 aromatic heterocycles. The summed E-state index contributed by atoms with van der Waals surface area (Å²) in [7, 11) is 0. The molecule has 0 atom stereocenters. The van der Waals surface area contributed by atoms with Crippen LogP contribution in [0.2, 0.25) is 0 Å². The van der Waals surface area contributed by atoms with Crippen molar-refractivity contribution in [1.82, 2.24) is 15.5 Å². The number of thioether (sulfide) groups is 1. The third kappa shape index (κ3) is 5.02. The van der Waals surface area contributed by atoms with E-state index in [1.165, 1.54) is 50.3 Å². The molecule has 1 aliphatic heterocycles. The summed E-state index contributed by atoms with van der Waals surface area (Å²) in [5.74, 6) is 2.57. The minimum atomic E-state index is 0.626. The van der Waals surface area contributed by atoms with Crippen LogP contribution in [0.25, 0.3) is 0 Å². The van der Waals surface area contributed by atoms with Gasteiger partial charge in [-0.05, 0) is 25.1 Å². The van der Waals surface area contributed by atoms with E-state index >= 15 is 0 Å². The minimum Gasteiger partial charge on any atom is -0.361 e. The second-order valence-electron chi connectivity index (χ2n) is 4.84. The van der Waals surface area contributed by atoms with Crippen molar-refractivity contribution >= 4 is 29.1 Å². The summed E-state index contributed by atoms with van der Waals surface area (Å²) in [5, 5.41) is 7.59. The second kappa shape index (κ2) is 7.44. The molecule has 2 fully saturated rings. The lowest BCUT2D eigenvalue weighted by molar-refractivity contribution is 0.307. The first-order chi connectivity index (χ1) is 8.34. The smallest absolute Gasteiger partial charge is 0.166 e. The van der Waals surface area contributed by atoms with Gasteiger partial charge in [0.05, 0.1) is 0 Å². The van der Waals surface area contributed by atoms with Gasteiger partial charge in [0, 0.05) is 43.7 Å². The van der Waals surface area contributed by atoms with Crippen molar-refractivity contribution in [2.45, 2.75) is 31.7 Å². The number of nitrogens with zero attached hydrogens (tertiary/aromatic N) is 1. The van der Waals surface area contributed by atoms with E-state index < -0.39 is 0 Å². The molecule has 1 aliphatic carbocycles. The Morgan fingerprint density at radius 2 is 1.94 bits per heavy atom.